The third kappa shape index (κ3) is 18.3. The highest BCUT2D eigenvalue weighted by molar-refractivity contribution is 7.85. The van der Waals surface area contributed by atoms with Gasteiger partial charge < -0.3 is 9.47 Å². The van der Waals surface area contributed by atoms with Crippen molar-refractivity contribution in [3.05, 3.63) is 70.8 Å². The lowest BCUT2D eigenvalue weighted by Crippen LogP contribution is -2.27. The van der Waals surface area contributed by atoms with Crippen molar-refractivity contribution in [1.82, 2.24) is 0 Å². The van der Waals surface area contributed by atoms with Gasteiger partial charge in [-0.05, 0) is 113 Å². The molecule has 0 aromatic heterocycles. The molecule has 0 aliphatic rings. The Hall–Kier alpha value is -3.02. The van der Waals surface area contributed by atoms with Crippen LogP contribution < -0.4 is 5.14 Å². The van der Waals surface area contributed by atoms with Crippen LogP contribution in [0.25, 0.3) is 0 Å². The number of ether oxygens (including phenoxy) is 2. The molecule has 0 bridgehead atoms. The van der Waals surface area contributed by atoms with Crippen molar-refractivity contribution in [2.75, 3.05) is 0 Å². The van der Waals surface area contributed by atoms with Crippen molar-refractivity contribution < 1.29 is 32.3 Å². The van der Waals surface area contributed by atoms with Gasteiger partial charge in [0.1, 0.15) is 28.5 Å². The molecule has 9 nitrogen and oxygen atoms in total. The van der Waals surface area contributed by atoms with Crippen LogP contribution in [0, 0.1) is 0 Å². The average molecular weight is 637 g/mol. The molecule has 0 unspecified atom stereocenters. The molecule has 0 radical (unpaired) electrons. The van der Waals surface area contributed by atoms with E-state index in [1.165, 1.54) is 12.3 Å². The number of benzene rings is 2. The first-order valence-electron chi connectivity index (χ1n) is 13.6. The van der Waals surface area contributed by atoms with Crippen LogP contribution in [0.1, 0.15) is 120 Å². The van der Waals surface area contributed by atoms with E-state index in [0.29, 0.717) is 23.0 Å². The van der Waals surface area contributed by atoms with E-state index in [1.807, 2.05) is 62.3 Å². The van der Waals surface area contributed by atoms with Gasteiger partial charge >= 0.3 is 11.9 Å². The van der Waals surface area contributed by atoms with Crippen LogP contribution in [0.2, 0.25) is 0 Å². The molecule has 2 aromatic rings. The lowest BCUT2D eigenvalue weighted by molar-refractivity contribution is 0.00570. The highest BCUT2D eigenvalue weighted by Crippen LogP contribution is 2.15. The Bertz CT molecular complexity index is 1310. The van der Waals surface area contributed by atoms with E-state index in [0.717, 1.165) is 5.56 Å². The number of hydrogen-bond donors (Lipinski definition) is 1. The number of carbonyl (C=O) groups is 3. The molecular weight excluding hydrogens is 588 g/mol. The molecule has 43 heavy (non-hydrogen) atoms. The number of esters is 2. The zero-order chi connectivity index (χ0) is 33.8. The van der Waals surface area contributed by atoms with Crippen LogP contribution in [-0.2, 0) is 31.4 Å². The van der Waals surface area contributed by atoms with Crippen LogP contribution in [0.5, 0.6) is 0 Å². The number of nitrogens with two attached hydrogens (primary N) is 1. The normalized spacial score (nSPS) is 13.4. The van der Waals surface area contributed by atoms with Crippen LogP contribution in [0.15, 0.2) is 52.9 Å². The Morgan fingerprint density at radius 1 is 0.698 bits per heavy atom. The van der Waals surface area contributed by atoms with Crippen molar-refractivity contribution in [3.8, 4) is 0 Å². The van der Waals surface area contributed by atoms with Crippen LogP contribution >= 0.6 is 0 Å². The first-order chi connectivity index (χ1) is 19.4. The Kier molecular flexibility index (Phi) is 15.6. The number of hydrogen-bond acceptors (Lipinski definition) is 7. The minimum absolute atomic E-state index is 0.250. The minimum Gasteiger partial charge on any atom is -0.456 e. The maximum absolute atomic E-state index is 12.0. The summed E-state index contributed by atoms with van der Waals surface area (Å²) in [6.45, 7) is 22.0. The highest BCUT2D eigenvalue weighted by Gasteiger charge is 2.20. The summed E-state index contributed by atoms with van der Waals surface area (Å²) < 4.78 is 36.1. The fourth-order valence-corrected chi connectivity index (χ4v) is 2.96. The molecule has 2 aromatic carbocycles. The van der Waals surface area contributed by atoms with Gasteiger partial charge in [0.25, 0.3) is 0 Å². The van der Waals surface area contributed by atoms with Gasteiger partial charge in [-0.2, -0.15) is 4.40 Å². The molecule has 2 rings (SSSR count). The van der Waals surface area contributed by atoms with Gasteiger partial charge in [-0.25, -0.2) is 18.0 Å². The Balaban J connectivity index is 0.000000696. The molecule has 240 valence electrons. The maximum atomic E-state index is 12.0. The summed E-state index contributed by atoms with van der Waals surface area (Å²) >= 11 is 0. The Morgan fingerprint density at radius 2 is 1.07 bits per heavy atom. The molecule has 0 fully saturated rings. The lowest BCUT2D eigenvalue weighted by atomic mass is 10.1. The van der Waals surface area contributed by atoms with E-state index in [1.54, 1.807) is 63.2 Å². The number of carbonyl (C=O) groups excluding carboxylic acids is 3. The number of rotatable bonds is 5. The van der Waals surface area contributed by atoms with Crippen LogP contribution in [0.4, 0.5) is 0 Å². The lowest BCUT2D eigenvalue weighted by Gasteiger charge is -2.19. The zero-order valence-electron chi connectivity index (χ0n) is 27.5. The van der Waals surface area contributed by atoms with Gasteiger partial charge in [0.05, 0.1) is 31.6 Å². The second-order valence-corrected chi connectivity index (χ2v) is 17.1. The molecule has 2 N–H and O–H groups in total. The predicted octanol–water partition coefficient (Wildman–Crippen LogP) is 6.38. The summed E-state index contributed by atoms with van der Waals surface area (Å²) in [5, 5.41) is 5.04. The number of nitrogens with zero attached hydrogens (tertiary/aromatic N) is 1. The van der Waals surface area contributed by atoms with E-state index < -0.39 is 43.9 Å². The zero-order valence-corrected chi connectivity index (χ0v) is 29.1. The molecule has 0 aliphatic heterocycles. The topological polar surface area (TPSA) is 142 Å². The molecular formula is C32H48N2O7S2. The van der Waals surface area contributed by atoms with Crippen molar-refractivity contribution in [3.63, 3.8) is 0 Å². The van der Waals surface area contributed by atoms with Crippen molar-refractivity contribution >= 4 is 46.4 Å². The summed E-state index contributed by atoms with van der Waals surface area (Å²) in [5.74, 6) is -0.791. The molecule has 0 amide bonds. The SMILES string of the molecule is CC(C)(C)OC(=O)c1cccc(C=N[S@](=O)C(C)(C)C)c1.CC(C)(C)OC(=O)c1cccc(C=O)c1.CC(C)(C)[S@](N)=O. The summed E-state index contributed by atoms with van der Waals surface area (Å²) in [4.78, 5) is 34.1. The largest absolute Gasteiger partial charge is 0.456 e. The third-order valence-electron chi connectivity index (χ3n) is 4.60. The quantitative estimate of drug-likeness (QED) is 0.228. The smallest absolute Gasteiger partial charge is 0.338 e. The predicted molar refractivity (Wildman–Crippen MR) is 176 cm³/mol. The van der Waals surface area contributed by atoms with Gasteiger partial charge in [-0.1, -0.05) is 24.3 Å². The maximum Gasteiger partial charge on any atom is 0.338 e. The molecule has 2 atom stereocenters. The Labute approximate surface area is 262 Å². The van der Waals surface area contributed by atoms with Gasteiger partial charge in [-0.15, -0.1) is 0 Å². The molecule has 0 saturated heterocycles. The first-order valence-corrected chi connectivity index (χ1v) is 15.9. The molecule has 11 heteroatoms. The molecule has 0 heterocycles. The van der Waals surface area contributed by atoms with E-state index in [2.05, 4.69) is 4.40 Å². The van der Waals surface area contributed by atoms with E-state index in [4.69, 9.17) is 14.6 Å². The molecule has 0 saturated carbocycles. The van der Waals surface area contributed by atoms with Crippen LogP contribution in [0.3, 0.4) is 0 Å². The second kappa shape index (κ2) is 16.7. The van der Waals surface area contributed by atoms with E-state index in [-0.39, 0.29) is 10.7 Å². The average Bonchev–Trinajstić information content (AvgIpc) is 2.85. The first kappa shape index (κ1) is 40.0. The molecule has 0 aliphatic carbocycles. The minimum atomic E-state index is -1.32. The summed E-state index contributed by atoms with van der Waals surface area (Å²) in [7, 11) is -2.50. The van der Waals surface area contributed by atoms with E-state index >= 15 is 0 Å². The highest BCUT2D eigenvalue weighted by atomic mass is 32.2. The van der Waals surface area contributed by atoms with Gasteiger partial charge in [0.15, 0.2) is 0 Å². The van der Waals surface area contributed by atoms with E-state index in [9.17, 15) is 22.8 Å². The number of aldehydes is 1. The van der Waals surface area contributed by atoms with Gasteiger partial charge in [-0.3, -0.25) is 9.93 Å². The van der Waals surface area contributed by atoms with Crippen LogP contribution in [-0.4, -0.2) is 53.6 Å². The van der Waals surface area contributed by atoms with Crippen molar-refractivity contribution in [2.24, 2.45) is 9.54 Å². The fraction of sp³-hybridized carbons (Fsp3) is 0.500. The summed E-state index contributed by atoms with van der Waals surface area (Å²) in [5.41, 5.74) is 0.989. The van der Waals surface area contributed by atoms with Crippen molar-refractivity contribution in [2.45, 2.75) is 104 Å². The van der Waals surface area contributed by atoms with Gasteiger partial charge in [0.2, 0.25) is 0 Å². The fourth-order valence-electron chi connectivity index (χ4n) is 2.43. The summed E-state index contributed by atoms with van der Waals surface area (Å²) in [6.07, 6.45) is 2.23. The third-order valence-corrected chi connectivity index (χ3v) is 7.16. The molecule has 0 spiro atoms. The Morgan fingerprint density at radius 3 is 1.40 bits per heavy atom. The van der Waals surface area contributed by atoms with Gasteiger partial charge in [0, 0.05) is 11.8 Å². The monoisotopic (exact) mass is 636 g/mol. The standard InChI is InChI=1S/C16H23NO3S.C12H14O3.C4H11NOS/c1-15(2,3)20-14(18)13-9-7-8-12(10-13)11-17-21(19)16(4,5)6;1-12(2,3)15-11(14)10-6-4-5-9(7-10)8-13;1-4(2,3)7(5)6/h7-11H,1-6H3;4-8H,1-3H3;5H2,1-3H3/t21-;;7-/m1.1/s1. The summed E-state index contributed by atoms with van der Waals surface area (Å²) in [6, 6.07) is 13.4. The van der Waals surface area contributed by atoms with Crippen molar-refractivity contribution in [1.29, 1.82) is 0 Å². The second-order valence-electron chi connectivity index (χ2n) is 13.4.